The molecule has 0 saturated carbocycles. The fraction of sp³-hybridized carbons (Fsp3) is 0.200. The molecular formula is C25H24N2O4. The van der Waals surface area contributed by atoms with Crippen LogP contribution in [0, 0.1) is 6.92 Å². The molecular weight excluding hydrogens is 392 g/mol. The van der Waals surface area contributed by atoms with Crippen molar-refractivity contribution in [2.24, 2.45) is 0 Å². The first-order valence-corrected chi connectivity index (χ1v) is 10.2. The Morgan fingerprint density at radius 2 is 1.84 bits per heavy atom. The topological polar surface area (TPSA) is 67.9 Å². The van der Waals surface area contributed by atoms with E-state index in [1.807, 2.05) is 61.5 Å². The molecule has 158 valence electrons. The van der Waals surface area contributed by atoms with Gasteiger partial charge in [0.05, 0.1) is 18.7 Å². The summed E-state index contributed by atoms with van der Waals surface area (Å²) in [4.78, 5) is 26.4. The summed E-state index contributed by atoms with van der Waals surface area (Å²) in [7, 11) is 0. The molecule has 6 nitrogen and oxygen atoms in total. The number of carbonyl (C=O) groups is 2. The van der Waals surface area contributed by atoms with E-state index >= 15 is 0 Å². The third kappa shape index (κ3) is 5.22. The van der Waals surface area contributed by atoms with Crippen LogP contribution < -0.4 is 19.7 Å². The minimum atomic E-state index is -0.124. The van der Waals surface area contributed by atoms with Crippen LogP contribution in [0.4, 0.5) is 11.4 Å². The van der Waals surface area contributed by atoms with E-state index < -0.39 is 0 Å². The molecule has 31 heavy (non-hydrogen) atoms. The highest BCUT2D eigenvalue weighted by Crippen LogP contribution is 2.34. The Labute approximate surface area is 181 Å². The van der Waals surface area contributed by atoms with Gasteiger partial charge in [-0.15, -0.1) is 0 Å². The summed E-state index contributed by atoms with van der Waals surface area (Å²) in [5, 5.41) is 2.89. The van der Waals surface area contributed by atoms with Gasteiger partial charge in [0.25, 0.3) is 5.91 Å². The third-order valence-electron chi connectivity index (χ3n) is 5.00. The van der Waals surface area contributed by atoms with Gasteiger partial charge in [-0.3, -0.25) is 9.59 Å². The van der Waals surface area contributed by atoms with Crippen LogP contribution in [0.15, 0.2) is 72.8 Å². The summed E-state index contributed by atoms with van der Waals surface area (Å²) in [5.74, 6) is 1.10. The summed E-state index contributed by atoms with van der Waals surface area (Å²) < 4.78 is 11.4. The number of aryl methyl sites for hydroxylation is 1. The number of rotatable bonds is 7. The second kappa shape index (κ2) is 9.34. The summed E-state index contributed by atoms with van der Waals surface area (Å²) >= 11 is 0. The highest BCUT2D eigenvalue weighted by Gasteiger charge is 2.25. The molecule has 0 radical (unpaired) electrons. The first kappa shape index (κ1) is 20.5. The second-order valence-electron chi connectivity index (χ2n) is 7.39. The number of hydrogen-bond acceptors (Lipinski definition) is 4. The van der Waals surface area contributed by atoms with E-state index in [-0.39, 0.29) is 18.4 Å². The van der Waals surface area contributed by atoms with E-state index in [1.165, 1.54) is 0 Å². The zero-order chi connectivity index (χ0) is 21.6. The lowest BCUT2D eigenvalue weighted by Gasteiger charge is -2.29. The molecule has 1 aliphatic rings. The van der Waals surface area contributed by atoms with Crippen LogP contribution in [0.2, 0.25) is 0 Å². The van der Waals surface area contributed by atoms with Crippen molar-refractivity contribution in [2.45, 2.75) is 13.3 Å². The molecule has 0 atom stereocenters. The molecule has 0 unspecified atom stereocenters. The Morgan fingerprint density at radius 1 is 1.06 bits per heavy atom. The average Bonchev–Trinajstić information content (AvgIpc) is 2.77. The van der Waals surface area contributed by atoms with Gasteiger partial charge in [-0.05, 0) is 36.8 Å². The highest BCUT2D eigenvalue weighted by atomic mass is 16.5. The first-order valence-electron chi connectivity index (χ1n) is 10.2. The molecule has 1 aliphatic heterocycles. The van der Waals surface area contributed by atoms with Crippen LogP contribution in [0.25, 0.3) is 0 Å². The Hall–Kier alpha value is -3.80. The van der Waals surface area contributed by atoms with Crippen LogP contribution in [-0.2, 0) is 16.0 Å². The molecule has 2 amide bonds. The number of benzene rings is 3. The van der Waals surface area contributed by atoms with Gasteiger partial charge in [0.1, 0.15) is 18.1 Å². The van der Waals surface area contributed by atoms with Gasteiger partial charge in [-0.2, -0.15) is 0 Å². The van der Waals surface area contributed by atoms with Crippen molar-refractivity contribution in [3.8, 4) is 11.5 Å². The molecule has 0 aromatic heterocycles. The maximum atomic E-state index is 12.4. The van der Waals surface area contributed by atoms with Crippen molar-refractivity contribution in [1.29, 1.82) is 0 Å². The molecule has 0 fully saturated rings. The fourth-order valence-electron chi connectivity index (χ4n) is 3.40. The van der Waals surface area contributed by atoms with Crippen LogP contribution in [0.1, 0.15) is 11.1 Å². The SMILES string of the molecule is Cc1ccc(OCCN2C(=O)COc3cc(NC(=O)Cc4ccccc4)ccc32)cc1. The van der Waals surface area contributed by atoms with E-state index in [0.717, 1.165) is 16.9 Å². The number of carbonyl (C=O) groups excluding carboxylic acids is 2. The molecule has 6 heteroatoms. The molecule has 3 aromatic rings. The van der Waals surface area contributed by atoms with Crippen LogP contribution in [0.3, 0.4) is 0 Å². The molecule has 3 aromatic carbocycles. The lowest BCUT2D eigenvalue weighted by atomic mass is 10.1. The number of fused-ring (bicyclic) bond motifs is 1. The molecule has 4 rings (SSSR count). The Kier molecular flexibility index (Phi) is 6.17. The molecule has 1 heterocycles. The van der Waals surface area contributed by atoms with Gasteiger partial charge in [0.2, 0.25) is 5.91 Å². The highest BCUT2D eigenvalue weighted by molar-refractivity contribution is 5.99. The van der Waals surface area contributed by atoms with E-state index in [9.17, 15) is 9.59 Å². The maximum absolute atomic E-state index is 12.4. The quantitative estimate of drug-likeness (QED) is 0.633. The lowest BCUT2D eigenvalue weighted by molar-refractivity contribution is -0.121. The first-order chi connectivity index (χ1) is 15.1. The number of anilines is 2. The lowest BCUT2D eigenvalue weighted by Crippen LogP contribution is -2.41. The number of nitrogens with one attached hydrogen (secondary N) is 1. The number of ether oxygens (including phenoxy) is 2. The van der Waals surface area contributed by atoms with E-state index in [4.69, 9.17) is 9.47 Å². The average molecular weight is 416 g/mol. The van der Waals surface area contributed by atoms with Gasteiger partial charge in [-0.25, -0.2) is 0 Å². The van der Waals surface area contributed by atoms with Crippen molar-refractivity contribution in [3.63, 3.8) is 0 Å². The number of nitrogens with zero attached hydrogens (tertiary/aromatic N) is 1. The van der Waals surface area contributed by atoms with Gasteiger partial charge in [0.15, 0.2) is 6.61 Å². The number of hydrogen-bond donors (Lipinski definition) is 1. The molecule has 0 bridgehead atoms. The third-order valence-corrected chi connectivity index (χ3v) is 5.00. The predicted molar refractivity (Wildman–Crippen MR) is 120 cm³/mol. The van der Waals surface area contributed by atoms with E-state index in [1.54, 1.807) is 23.1 Å². The summed E-state index contributed by atoms with van der Waals surface area (Å²) in [6.07, 6.45) is 0.291. The predicted octanol–water partition coefficient (Wildman–Crippen LogP) is 3.98. The largest absolute Gasteiger partial charge is 0.492 e. The zero-order valence-electron chi connectivity index (χ0n) is 17.3. The molecule has 1 N–H and O–H groups in total. The zero-order valence-corrected chi connectivity index (χ0v) is 17.3. The van der Waals surface area contributed by atoms with Gasteiger partial charge < -0.3 is 19.7 Å². The van der Waals surface area contributed by atoms with Crippen LogP contribution in [-0.4, -0.2) is 31.6 Å². The summed E-state index contributed by atoms with van der Waals surface area (Å²) in [6, 6.07) is 22.7. The van der Waals surface area contributed by atoms with Crippen molar-refractivity contribution in [2.75, 3.05) is 30.0 Å². The van der Waals surface area contributed by atoms with E-state index in [2.05, 4.69) is 5.32 Å². The van der Waals surface area contributed by atoms with Crippen molar-refractivity contribution < 1.29 is 19.1 Å². The summed E-state index contributed by atoms with van der Waals surface area (Å²) in [6.45, 7) is 2.75. The van der Waals surface area contributed by atoms with Gasteiger partial charge >= 0.3 is 0 Å². The van der Waals surface area contributed by atoms with E-state index in [0.29, 0.717) is 36.7 Å². The Bertz CT molecular complexity index is 1060. The molecule has 0 aliphatic carbocycles. The molecule has 0 saturated heterocycles. The fourth-order valence-corrected chi connectivity index (χ4v) is 3.40. The number of amides is 2. The van der Waals surface area contributed by atoms with Crippen molar-refractivity contribution in [1.82, 2.24) is 0 Å². The molecule has 0 spiro atoms. The Morgan fingerprint density at radius 3 is 2.61 bits per heavy atom. The van der Waals surface area contributed by atoms with Crippen LogP contribution in [0.5, 0.6) is 11.5 Å². The summed E-state index contributed by atoms with van der Waals surface area (Å²) in [5.41, 5.74) is 3.41. The smallest absolute Gasteiger partial charge is 0.265 e. The van der Waals surface area contributed by atoms with Crippen molar-refractivity contribution in [3.05, 3.63) is 83.9 Å². The monoisotopic (exact) mass is 416 g/mol. The standard InChI is InChI=1S/C25H24N2O4/c1-18-7-10-21(11-8-18)30-14-13-27-22-12-9-20(16-23(22)31-17-25(27)29)26-24(28)15-19-5-3-2-4-6-19/h2-12,16H,13-15,17H2,1H3,(H,26,28). The minimum Gasteiger partial charge on any atom is -0.492 e. The normalized spacial score (nSPS) is 12.7. The van der Waals surface area contributed by atoms with Crippen LogP contribution >= 0.6 is 0 Å². The second-order valence-corrected chi connectivity index (χ2v) is 7.39. The van der Waals surface area contributed by atoms with Gasteiger partial charge in [-0.1, -0.05) is 48.0 Å². The van der Waals surface area contributed by atoms with Crippen molar-refractivity contribution >= 4 is 23.2 Å². The Balaban J connectivity index is 1.39. The van der Waals surface area contributed by atoms with Gasteiger partial charge in [0, 0.05) is 11.8 Å². The maximum Gasteiger partial charge on any atom is 0.265 e. The minimum absolute atomic E-state index is 0.0427.